The molecule has 0 saturated heterocycles. The number of nitrogens with zero attached hydrogens (tertiary/aromatic N) is 1. The van der Waals surface area contributed by atoms with Crippen LogP contribution in [0.15, 0.2) is 47.5 Å². The molecule has 0 bridgehead atoms. The fourth-order valence-corrected chi connectivity index (χ4v) is 3.25. The molecular formula is C17H18ClN3O5S. The van der Waals surface area contributed by atoms with Crippen molar-refractivity contribution in [1.82, 2.24) is 9.71 Å². The summed E-state index contributed by atoms with van der Waals surface area (Å²) in [5, 5.41) is 2.62. The third-order valence-corrected chi connectivity index (χ3v) is 5.27. The van der Waals surface area contributed by atoms with Crippen LogP contribution in [0.3, 0.4) is 0 Å². The lowest BCUT2D eigenvalue weighted by atomic mass is 10.2. The minimum atomic E-state index is -3.61. The highest BCUT2D eigenvalue weighted by Gasteiger charge is 2.21. The van der Waals surface area contributed by atoms with Gasteiger partial charge in [0.2, 0.25) is 10.0 Å². The summed E-state index contributed by atoms with van der Waals surface area (Å²) in [6.45, 7) is 3.32. The van der Waals surface area contributed by atoms with Crippen molar-refractivity contribution in [1.29, 1.82) is 0 Å². The quantitative estimate of drug-likeness (QED) is 0.533. The Bertz CT molecular complexity index is 932. The lowest BCUT2D eigenvalue weighted by Gasteiger charge is -2.14. The van der Waals surface area contributed by atoms with Crippen LogP contribution in [-0.2, 0) is 19.6 Å². The normalized spacial score (nSPS) is 12.3. The molecule has 1 heterocycles. The van der Waals surface area contributed by atoms with Gasteiger partial charge in [-0.05, 0) is 43.3 Å². The Morgan fingerprint density at radius 1 is 1.22 bits per heavy atom. The molecule has 8 nitrogen and oxygen atoms in total. The minimum Gasteiger partial charge on any atom is -0.449 e. The Morgan fingerprint density at radius 2 is 1.89 bits per heavy atom. The number of aromatic nitrogens is 1. The number of ether oxygens (including phenoxy) is 1. The Kier molecular flexibility index (Phi) is 6.89. The van der Waals surface area contributed by atoms with Gasteiger partial charge in [-0.2, -0.15) is 0 Å². The number of carbonyl (C=O) groups excluding carboxylic acids is 2. The summed E-state index contributed by atoms with van der Waals surface area (Å²) in [7, 11) is -3.61. The van der Waals surface area contributed by atoms with E-state index in [4.69, 9.17) is 16.3 Å². The molecule has 0 radical (unpaired) electrons. The van der Waals surface area contributed by atoms with Crippen LogP contribution in [0.4, 0.5) is 5.69 Å². The standard InChI is InChI=1S/C17H18ClN3O5S/c1-3-20-27(24,25)13-8-6-12(7-9-13)17(23)26-11(2)16(22)21-14-5-4-10-19-15(14)18/h4-11,20H,3H2,1-2H3,(H,21,22)/t11-/m1/s1. The zero-order valence-electron chi connectivity index (χ0n) is 14.6. The maximum atomic E-state index is 12.2. The number of benzene rings is 1. The number of carbonyl (C=O) groups is 2. The first-order chi connectivity index (χ1) is 12.7. The monoisotopic (exact) mass is 411 g/mol. The van der Waals surface area contributed by atoms with Crippen LogP contribution < -0.4 is 10.0 Å². The van der Waals surface area contributed by atoms with Crippen molar-refractivity contribution in [3.8, 4) is 0 Å². The van der Waals surface area contributed by atoms with Crippen molar-refractivity contribution in [3.63, 3.8) is 0 Å². The van der Waals surface area contributed by atoms with Crippen LogP contribution in [-0.4, -0.2) is 37.9 Å². The number of nitrogens with one attached hydrogen (secondary N) is 2. The van der Waals surface area contributed by atoms with Crippen molar-refractivity contribution in [2.45, 2.75) is 24.8 Å². The highest BCUT2D eigenvalue weighted by atomic mass is 35.5. The first kappa shape index (κ1) is 20.8. The second-order valence-corrected chi connectivity index (χ2v) is 7.53. The van der Waals surface area contributed by atoms with Crippen LogP contribution in [0.2, 0.25) is 5.15 Å². The first-order valence-electron chi connectivity index (χ1n) is 7.96. The van der Waals surface area contributed by atoms with Crippen molar-refractivity contribution in [3.05, 3.63) is 53.3 Å². The Labute approximate surface area is 161 Å². The van der Waals surface area contributed by atoms with E-state index in [1.165, 1.54) is 37.4 Å². The summed E-state index contributed by atoms with van der Waals surface area (Å²) in [4.78, 5) is 28.1. The fourth-order valence-electron chi connectivity index (χ4n) is 2.04. The maximum Gasteiger partial charge on any atom is 0.338 e. The number of sulfonamides is 1. The van der Waals surface area contributed by atoms with Gasteiger partial charge in [-0.1, -0.05) is 18.5 Å². The SMILES string of the molecule is CCNS(=O)(=O)c1ccc(C(=O)O[C@H](C)C(=O)Nc2cccnc2Cl)cc1. The summed E-state index contributed by atoms with van der Waals surface area (Å²) in [6, 6.07) is 8.36. The van der Waals surface area contributed by atoms with E-state index >= 15 is 0 Å². The summed E-state index contributed by atoms with van der Waals surface area (Å²) in [6.07, 6.45) is 0.375. The van der Waals surface area contributed by atoms with Gasteiger partial charge < -0.3 is 10.1 Å². The van der Waals surface area contributed by atoms with Gasteiger partial charge in [0.05, 0.1) is 16.1 Å². The Morgan fingerprint density at radius 3 is 2.48 bits per heavy atom. The van der Waals surface area contributed by atoms with E-state index in [0.717, 1.165) is 0 Å². The number of anilines is 1. The molecule has 2 aromatic rings. The molecule has 1 atom stereocenters. The molecule has 2 N–H and O–H groups in total. The van der Waals surface area contributed by atoms with E-state index in [1.54, 1.807) is 19.1 Å². The lowest BCUT2D eigenvalue weighted by Crippen LogP contribution is -2.30. The molecule has 0 aliphatic rings. The van der Waals surface area contributed by atoms with Gasteiger partial charge in [-0.3, -0.25) is 4.79 Å². The van der Waals surface area contributed by atoms with Crippen LogP contribution in [0, 0.1) is 0 Å². The molecule has 0 aliphatic heterocycles. The topological polar surface area (TPSA) is 114 Å². The molecule has 0 aliphatic carbocycles. The predicted molar refractivity (Wildman–Crippen MR) is 100 cm³/mol. The zero-order chi connectivity index (χ0) is 20.0. The number of pyridine rings is 1. The van der Waals surface area contributed by atoms with Gasteiger partial charge in [-0.25, -0.2) is 22.9 Å². The summed E-state index contributed by atoms with van der Waals surface area (Å²) < 4.78 is 31.2. The third kappa shape index (κ3) is 5.49. The van der Waals surface area contributed by atoms with Gasteiger partial charge in [-0.15, -0.1) is 0 Å². The Balaban J connectivity index is 2.01. The molecule has 1 aromatic carbocycles. The number of esters is 1. The molecule has 0 spiro atoms. The average Bonchev–Trinajstić information content (AvgIpc) is 2.63. The van der Waals surface area contributed by atoms with Crippen LogP contribution >= 0.6 is 11.6 Å². The van der Waals surface area contributed by atoms with E-state index in [9.17, 15) is 18.0 Å². The number of amides is 1. The molecule has 0 saturated carbocycles. The number of halogens is 1. The van der Waals surface area contributed by atoms with Crippen molar-refractivity contribution in [2.24, 2.45) is 0 Å². The van der Waals surface area contributed by atoms with E-state index in [1.807, 2.05) is 0 Å². The first-order valence-corrected chi connectivity index (χ1v) is 9.82. The van der Waals surface area contributed by atoms with Crippen molar-refractivity contribution in [2.75, 3.05) is 11.9 Å². The fraction of sp³-hybridized carbons (Fsp3) is 0.235. The maximum absolute atomic E-state index is 12.2. The molecular weight excluding hydrogens is 394 g/mol. The van der Waals surface area contributed by atoms with Gasteiger partial charge in [0, 0.05) is 12.7 Å². The predicted octanol–water partition coefficient (Wildman–Crippen LogP) is 2.22. The molecule has 10 heteroatoms. The molecule has 2 rings (SSSR count). The number of rotatable bonds is 7. The van der Waals surface area contributed by atoms with E-state index in [-0.39, 0.29) is 22.2 Å². The van der Waals surface area contributed by atoms with E-state index in [2.05, 4.69) is 15.0 Å². The molecule has 1 aromatic heterocycles. The van der Waals surface area contributed by atoms with Crippen LogP contribution in [0.1, 0.15) is 24.2 Å². The summed E-state index contributed by atoms with van der Waals surface area (Å²) in [5.41, 5.74) is 0.412. The van der Waals surface area contributed by atoms with Gasteiger partial charge >= 0.3 is 5.97 Å². The van der Waals surface area contributed by atoms with E-state index in [0.29, 0.717) is 5.69 Å². The largest absolute Gasteiger partial charge is 0.449 e. The van der Waals surface area contributed by atoms with Crippen molar-refractivity contribution < 1.29 is 22.7 Å². The smallest absolute Gasteiger partial charge is 0.338 e. The van der Waals surface area contributed by atoms with Crippen LogP contribution in [0.25, 0.3) is 0 Å². The second kappa shape index (κ2) is 8.94. The summed E-state index contributed by atoms with van der Waals surface area (Å²) in [5.74, 6) is -1.34. The van der Waals surface area contributed by atoms with Gasteiger partial charge in [0.1, 0.15) is 0 Å². The average molecular weight is 412 g/mol. The Hall–Kier alpha value is -2.49. The molecule has 27 heavy (non-hydrogen) atoms. The van der Waals surface area contributed by atoms with Gasteiger partial charge in [0.15, 0.2) is 11.3 Å². The van der Waals surface area contributed by atoms with Crippen LogP contribution in [0.5, 0.6) is 0 Å². The van der Waals surface area contributed by atoms with E-state index < -0.39 is 28.0 Å². The molecule has 0 fully saturated rings. The van der Waals surface area contributed by atoms with Gasteiger partial charge in [0.25, 0.3) is 5.91 Å². The second-order valence-electron chi connectivity index (χ2n) is 5.40. The molecule has 1 amide bonds. The lowest BCUT2D eigenvalue weighted by molar-refractivity contribution is -0.123. The minimum absolute atomic E-state index is 0.0258. The highest BCUT2D eigenvalue weighted by molar-refractivity contribution is 7.89. The number of hydrogen-bond donors (Lipinski definition) is 2. The number of hydrogen-bond acceptors (Lipinski definition) is 6. The highest BCUT2D eigenvalue weighted by Crippen LogP contribution is 2.18. The summed E-state index contributed by atoms with van der Waals surface area (Å²) >= 11 is 5.86. The molecule has 0 unspecified atom stereocenters. The third-order valence-electron chi connectivity index (χ3n) is 3.40. The molecule has 144 valence electrons. The zero-order valence-corrected chi connectivity index (χ0v) is 16.2. The van der Waals surface area contributed by atoms with Crippen molar-refractivity contribution >= 4 is 39.2 Å².